The molecule has 0 radical (unpaired) electrons. The molecule has 0 bridgehead atoms. The van der Waals surface area contributed by atoms with E-state index in [1.165, 1.54) is 0 Å². The molecule has 0 heterocycles. The molecule has 1 aromatic carbocycles. The highest BCUT2D eigenvalue weighted by molar-refractivity contribution is 6.32. The Kier molecular flexibility index (Phi) is 5.18. The van der Waals surface area contributed by atoms with Crippen LogP contribution in [0.1, 0.15) is 30.5 Å². The summed E-state index contributed by atoms with van der Waals surface area (Å²) in [6, 6.07) is 5.67. The SMILES string of the molecule is CC.Cc1ccc(C#N)c(Cl)c1C. The molecule has 0 saturated heterocycles. The molecule has 1 nitrogen and oxygen atoms in total. The van der Waals surface area contributed by atoms with Crippen molar-refractivity contribution >= 4 is 11.6 Å². The summed E-state index contributed by atoms with van der Waals surface area (Å²) in [6.07, 6.45) is 0. The number of hydrogen-bond acceptors (Lipinski definition) is 1. The summed E-state index contributed by atoms with van der Waals surface area (Å²) in [7, 11) is 0. The standard InChI is InChI=1S/C9H8ClN.C2H6/c1-6-3-4-8(5-11)9(10)7(6)2;1-2/h3-4H,1-2H3;1-2H3. The number of nitriles is 1. The van der Waals surface area contributed by atoms with E-state index in [4.69, 9.17) is 16.9 Å². The molecule has 1 aromatic rings. The van der Waals surface area contributed by atoms with Gasteiger partial charge in [-0.2, -0.15) is 5.26 Å². The lowest BCUT2D eigenvalue weighted by molar-refractivity contribution is 1.32. The monoisotopic (exact) mass is 195 g/mol. The molecule has 0 aliphatic rings. The summed E-state index contributed by atoms with van der Waals surface area (Å²) in [5.74, 6) is 0. The van der Waals surface area contributed by atoms with Crippen LogP contribution in [0.15, 0.2) is 12.1 Å². The fourth-order valence-electron chi connectivity index (χ4n) is 0.868. The second-order valence-electron chi connectivity index (χ2n) is 2.48. The van der Waals surface area contributed by atoms with Gasteiger partial charge in [0.05, 0.1) is 10.6 Å². The number of rotatable bonds is 0. The number of hydrogen-bond donors (Lipinski definition) is 0. The summed E-state index contributed by atoms with van der Waals surface area (Å²) in [5.41, 5.74) is 2.66. The molecule has 70 valence electrons. The van der Waals surface area contributed by atoms with Crippen LogP contribution in [0.4, 0.5) is 0 Å². The van der Waals surface area contributed by atoms with Crippen molar-refractivity contribution in [1.82, 2.24) is 0 Å². The van der Waals surface area contributed by atoms with Crippen LogP contribution in [0, 0.1) is 25.2 Å². The Morgan fingerprint density at radius 2 is 1.77 bits per heavy atom. The normalized spacial score (nSPS) is 8.31. The molecule has 0 spiro atoms. The molecule has 13 heavy (non-hydrogen) atoms. The van der Waals surface area contributed by atoms with Gasteiger partial charge in [-0.15, -0.1) is 0 Å². The van der Waals surface area contributed by atoms with E-state index in [0.29, 0.717) is 10.6 Å². The Hall–Kier alpha value is -1.00. The van der Waals surface area contributed by atoms with E-state index in [0.717, 1.165) is 11.1 Å². The molecule has 2 heteroatoms. The average molecular weight is 196 g/mol. The summed E-state index contributed by atoms with van der Waals surface area (Å²) in [4.78, 5) is 0. The molecule has 0 aliphatic carbocycles. The third-order valence-electron chi connectivity index (χ3n) is 1.78. The van der Waals surface area contributed by atoms with Crippen LogP contribution in [-0.4, -0.2) is 0 Å². The van der Waals surface area contributed by atoms with E-state index in [1.54, 1.807) is 6.07 Å². The van der Waals surface area contributed by atoms with E-state index >= 15 is 0 Å². The zero-order valence-corrected chi connectivity index (χ0v) is 9.24. The lowest BCUT2D eigenvalue weighted by atomic mass is 10.1. The van der Waals surface area contributed by atoms with Gasteiger partial charge in [0.1, 0.15) is 6.07 Å². The Bertz CT molecular complexity index is 324. The summed E-state index contributed by atoms with van der Waals surface area (Å²) in [6.45, 7) is 7.89. The van der Waals surface area contributed by atoms with Crippen molar-refractivity contribution in [2.75, 3.05) is 0 Å². The van der Waals surface area contributed by atoms with Gasteiger partial charge < -0.3 is 0 Å². The Labute approximate surface area is 85.0 Å². The fraction of sp³-hybridized carbons (Fsp3) is 0.364. The van der Waals surface area contributed by atoms with Crippen LogP contribution in [0.3, 0.4) is 0 Å². The number of aryl methyl sites for hydroxylation is 1. The molecule has 1 rings (SSSR count). The quantitative estimate of drug-likeness (QED) is 0.617. The van der Waals surface area contributed by atoms with Gasteiger partial charge in [-0.1, -0.05) is 31.5 Å². The molecule has 0 amide bonds. The van der Waals surface area contributed by atoms with Crippen LogP contribution >= 0.6 is 11.6 Å². The molecular formula is C11H14ClN. The Morgan fingerprint density at radius 3 is 2.23 bits per heavy atom. The first kappa shape index (κ1) is 12.0. The van der Waals surface area contributed by atoms with E-state index in [-0.39, 0.29) is 0 Å². The summed E-state index contributed by atoms with van der Waals surface area (Å²) < 4.78 is 0. The van der Waals surface area contributed by atoms with Crippen LogP contribution in [-0.2, 0) is 0 Å². The minimum atomic E-state index is 0.551. The fourth-order valence-corrected chi connectivity index (χ4v) is 1.12. The topological polar surface area (TPSA) is 23.8 Å². The van der Waals surface area contributed by atoms with Crippen molar-refractivity contribution in [3.63, 3.8) is 0 Å². The highest BCUT2D eigenvalue weighted by atomic mass is 35.5. The van der Waals surface area contributed by atoms with E-state index in [1.807, 2.05) is 39.8 Å². The maximum absolute atomic E-state index is 8.60. The third-order valence-corrected chi connectivity index (χ3v) is 2.26. The smallest absolute Gasteiger partial charge is 0.101 e. The molecule has 0 unspecified atom stereocenters. The predicted molar refractivity (Wildman–Crippen MR) is 57.0 cm³/mol. The molecule has 0 saturated carbocycles. The zero-order valence-electron chi connectivity index (χ0n) is 8.48. The van der Waals surface area contributed by atoms with Crippen molar-refractivity contribution < 1.29 is 0 Å². The highest BCUT2D eigenvalue weighted by Gasteiger charge is 2.03. The lowest BCUT2D eigenvalue weighted by Crippen LogP contribution is -1.85. The van der Waals surface area contributed by atoms with E-state index < -0.39 is 0 Å². The van der Waals surface area contributed by atoms with Crippen LogP contribution in [0.2, 0.25) is 5.02 Å². The summed E-state index contributed by atoms with van der Waals surface area (Å²) in [5, 5.41) is 9.18. The predicted octanol–water partition coefficient (Wildman–Crippen LogP) is 3.85. The van der Waals surface area contributed by atoms with Crippen LogP contribution < -0.4 is 0 Å². The van der Waals surface area contributed by atoms with Gasteiger partial charge in [0.15, 0.2) is 0 Å². The molecular weight excluding hydrogens is 182 g/mol. The Morgan fingerprint density at radius 1 is 1.23 bits per heavy atom. The molecule has 0 atom stereocenters. The second kappa shape index (κ2) is 5.61. The number of benzene rings is 1. The zero-order chi connectivity index (χ0) is 10.4. The average Bonchev–Trinajstić information content (AvgIpc) is 2.18. The van der Waals surface area contributed by atoms with Crippen molar-refractivity contribution in [2.24, 2.45) is 0 Å². The van der Waals surface area contributed by atoms with Crippen molar-refractivity contribution in [3.8, 4) is 6.07 Å². The van der Waals surface area contributed by atoms with Gasteiger partial charge in [-0.25, -0.2) is 0 Å². The molecule has 0 N–H and O–H groups in total. The highest BCUT2D eigenvalue weighted by Crippen LogP contribution is 2.22. The van der Waals surface area contributed by atoms with E-state index in [2.05, 4.69) is 0 Å². The first-order valence-electron chi connectivity index (χ1n) is 4.32. The van der Waals surface area contributed by atoms with Crippen molar-refractivity contribution in [1.29, 1.82) is 5.26 Å². The van der Waals surface area contributed by atoms with Crippen molar-refractivity contribution in [3.05, 3.63) is 33.8 Å². The lowest BCUT2D eigenvalue weighted by Gasteiger charge is -2.02. The van der Waals surface area contributed by atoms with Gasteiger partial charge in [-0.3, -0.25) is 0 Å². The maximum atomic E-state index is 8.60. The van der Waals surface area contributed by atoms with Gasteiger partial charge in [0.2, 0.25) is 0 Å². The minimum Gasteiger partial charge on any atom is -0.192 e. The molecule has 0 aliphatic heterocycles. The Balaban J connectivity index is 0.000000671. The van der Waals surface area contributed by atoms with Crippen LogP contribution in [0.25, 0.3) is 0 Å². The maximum Gasteiger partial charge on any atom is 0.101 e. The first-order chi connectivity index (χ1) is 6.16. The minimum absolute atomic E-state index is 0.551. The molecule has 0 aromatic heterocycles. The second-order valence-corrected chi connectivity index (χ2v) is 2.86. The number of halogens is 1. The largest absolute Gasteiger partial charge is 0.192 e. The van der Waals surface area contributed by atoms with Gasteiger partial charge in [-0.05, 0) is 31.0 Å². The van der Waals surface area contributed by atoms with Gasteiger partial charge in [0.25, 0.3) is 0 Å². The first-order valence-corrected chi connectivity index (χ1v) is 4.70. The summed E-state index contributed by atoms with van der Waals surface area (Å²) >= 11 is 5.88. The van der Waals surface area contributed by atoms with Gasteiger partial charge in [0, 0.05) is 0 Å². The number of nitrogens with zero attached hydrogens (tertiary/aromatic N) is 1. The van der Waals surface area contributed by atoms with Crippen molar-refractivity contribution in [2.45, 2.75) is 27.7 Å². The third kappa shape index (κ3) is 2.75. The van der Waals surface area contributed by atoms with Crippen LogP contribution in [0.5, 0.6) is 0 Å². The van der Waals surface area contributed by atoms with Gasteiger partial charge >= 0.3 is 0 Å². The van der Waals surface area contributed by atoms with E-state index in [9.17, 15) is 0 Å². The molecule has 0 fully saturated rings.